The number of benzene rings is 2. The van der Waals surface area contributed by atoms with Gasteiger partial charge in [-0.25, -0.2) is 4.68 Å². The summed E-state index contributed by atoms with van der Waals surface area (Å²) in [6, 6.07) is 12.3. The largest absolute Gasteiger partial charge is 0.309 e. The molecule has 136 valence electrons. The maximum atomic E-state index is 12.7. The molecular weight excluding hydrogens is 344 g/mol. The molecule has 1 amide bonds. The lowest BCUT2D eigenvalue weighted by Crippen LogP contribution is -2.33. The van der Waals surface area contributed by atoms with Gasteiger partial charge in [-0.3, -0.25) is 14.4 Å². The number of amides is 1. The SMILES string of the molecule is CC(=O)N1c2ccc(C(=O)Cn3nnc4ccccc4c3=O)cc2CC1C. The van der Waals surface area contributed by atoms with Crippen molar-refractivity contribution in [2.45, 2.75) is 32.9 Å². The van der Waals surface area contributed by atoms with E-state index in [1.807, 2.05) is 6.92 Å². The average Bonchev–Trinajstić information content (AvgIpc) is 2.99. The third-order valence-corrected chi connectivity index (χ3v) is 4.88. The van der Waals surface area contributed by atoms with Gasteiger partial charge in [0.05, 0.1) is 5.39 Å². The molecule has 0 bridgehead atoms. The summed E-state index contributed by atoms with van der Waals surface area (Å²) in [6.45, 7) is 3.34. The summed E-state index contributed by atoms with van der Waals surface area (Å²) >= 11 is 0. The number of hydrogen-bond acceptors (Lipinski definition) is 5. The molecule has 3 aromatic rings. The second kappa shape index (κ2) is 6.42. The van der Waals surface area contributed by atoms with Gasteiger partial charge in [0.1, 0.15) is 12.1 Å². The fourth-order valence-electron chi connectivity index (χ4n) is 3.64. The number of nitrogens with zero attached hydrogens (tertiary/aromatic N) is 4. The van der Waals surface area contributed by atoms with Gasteiger partial charge >= 0.3 is 0 Å². The van der Waals surface area contributed by atoms with Gasteiger partial charge in [0, 0.05) is 24.2 Å². The number of rotatable bonds is 3. The van der Waals surface area contributed by atoms with Crippen molar-refractivity contribution in [3.05, 3.63) is 63.9 Å². The van der Waals surface area contributed by atoms with Crippen LogP contribution in [0.15, 0.2) is 47.3 Å². The zero-order chi connectivity index (χ0) is 19.1. The highest BCUT2D eigenvalue weighted by Gasteiger charge is 2.29. The van der Waals surface area contributed by atoms with Crippen LogP contribution in [0.2, 0.25) is 0 Å². The molecule has 2 heterocycles. The molecule has 2 aromatic carbocycles. The number of carbonyl (C=O) groups excluding carboxylic acids is 2. The monoisotopic (exact) mass is 362 g/mol. The van der Waals surface area contributed by atoms with Crippen molar-refractivity contribution in [2.24, 2.45) is 0 Å². The number of aromatic nitrogens is 3. The number of hydrogen-bond donors (Lipinski definition) is 0. The smallest absolute Gasteiger partial charge is 0.278 e. The molecule has 0 saturated carbocycles. The van der Waals surface area contributed by atoms with Gasteiger partial charge in [-0.05, 0) is 49.2 Å². The molecule has 0 saturated heterocycles. The molecule has 1 aliphatic heterocycles. The predicted molar refractivity (Wildman–Crippen MR) is 101 cm³/mol. The van der Waals surface area contributed by atoms with Crippen LogP contribution in [-0.4, -0.2) is 32.7 Å². The maximum absolute atomic E-state index is 12.7. The summed E-state index contributed by atoms with van der Waals surface area (Å²) in [6.07, 6.45) is 0.700. The molecular formula is C20H18N4O3. The Morgan fingerprint density at radius 2 is 1.96 bits per heavy atom. The number of carbonyl (C=O) groups is 2. The Labute approximate surface area is 155 Å². The van der Waals surface area contributed by atoms with E-state index in [2.05, 4.69) is 10.3 Å². The molecule has 1 aliphatic rings. The first kappa shape index (κ1) is 17.1. The number of anilines is 1. The van der Waals surface area contributed by atoms with Gasteiger partial charge in [0.25, 0.3) is 5.56 Å². The molecule has 1 atom stereocenters. The normalized spacial score (nSPS) is 15.8. The van der Waals surface area contributed by atoms with Crippen LogP contribution in [0.3, 0.4) is 0 Å². The van der Waals surface area contributed by atoms with Gasteiger partial charge in [0.15, 0.2) is 5.78 Å². The van der Waals surface area contributed by atoms with Crippen LogP contribution in [0.25, 0.3) is 10.9 Å². The van der Waals surface area contributed by atoms with Crippen LogP contribution in [0.4, 0.5) is 5.69 Å². The fourth-order valence-corrected chi connectivity index (χ4v) is 3.64. The van der Waals surface area contributed by atoms with Crippen molar-refractivity contribution in [3.63, 3.8) is 0 Å². The lowest BCUT2D eigenvalue weighted by Gasteiger charge is -2.20. The Balaban J connectivity index is 1.64. The quantitative estimate of drug-likeness (QED) is 0.665. The zero-order valence-corrected chi connectivity index (χ0v) is 15.0. The van der Waals surface area contributed by atoms with Crippen molar-refractivity contribution in [1.82, 2.24) is 15.0 Å². The zero-order valence-electron chi connectivity index (χ0n) is 15.0. The lowest BCUT2D eigenvalue weighted by molar-refractivity contribution is -0.116. The van der Waals surface area contributed by atoms with E-state index in [-0.39, 0.29) is 29.8 Å². The number of Topliss-reactive ketones (excluding diaryl/α,β-unsaturated/α-hetero) is 1. The van der Waals surface area contributed by atoms with Gasteiger partial charge in [0.2, 0.25) is 5.91 Å². The molecule has 4 rings (SSSR count). The molecule has 0 spiro atoms. The van der Waals surface area contributed by atoms with Crippen LogP contribution in [0.5, 0.6) is 0 Å². The van der Waals surface area contributed by atoms with Crippen molar-refractivity contribution in [2.75, 3.05) is 4.90 Å². The van der Waals surface area contributed by atoms with Crippen LogP contribution in [0, 0.1) is 0 Å². The minimum Gasteiger partial charge on any atom is -0.309 e. The van der Waals surface area contributed by atoms with E-state index in [0.29, 0.717) is 22.9 Å². The highest BCUT2D eigenvalue weighted by molar-refractivity contribution is 5.99. The molecule has 27 heavy (non-hydrogen) atoms. The predicted octanol–water partition coefficient (Wildman–Crippen LogP) is 1.97. The fraction of sp³-hybridized carbons (Fsp3) is 0.250. The van der Waals surface area contributed by atoms with E-state index in [1.54, 1.807) is 47.4 Å². The Kier molecular flexibility index (Phi) is 4.07. The summed E-state index contributed by atoms with van der Waals surface area (Å²) in [4.78, 5) is 38.8. The third kappa shape index (κ3) is 2.91. The third-order valence-electron chi connectivity index (χ3n) is 4.88. The molecule has 7 nitrogen and oxygen atoms in total. The van der Waals surface area contributed by atoms with Crippen LogP contribution in [-0.2, 0) is 17.8 Å². The van der Waals surface area contributed by atoms with Gasteiger partial charge in [-0.2, -0.15) is 0 Å². The average molecular weight is 362 g/mol. The first-order valence-corrected chi connectivity index (χ1v) is 8.74. The first-order chi connectivity index (χ1) is 13.0. The van der Waals surface area contributed by atoms with E-state index in [1.165, 1.54) is 6.92 Å². The highest BCUT2D eigenvalue weighted by atomic mass is 16.2. The van der Waals surface area contributed by atoms with Crippen LogP contribution < -0.4 is 10.5 Å². The minimum absolute atomic E-state index is 0.0154. The molecule has 0 fully saturated rings. The van der Waals surface area contributed by atoms with Gasteiger partial charge in [-0.15, -0.1) is 5.10 Å². The van der Waals surface area contributed by atoms with Crippen LogP contribution in [0.1, 0.15) is 29.8 Å². The van der Waals surface area contributed by atoms with Crippen molar-refractivity contribution in [1.29, 1.82) is 0 Å². The van der Waals surface area contributed by atoms with Crippen molar-refractivity contribution >= 4 is 28.3 Å². The summed E-state index contributed by atoms with van der Waals surface area (Å²) in [7, 11) is 0. The molecule has 0 N–H and O–H groups in total. The summed E-state index contributed by atoms with van der Waals surface area (Å²) in [5, 5.41) is 8.31. The molecule has 0 aliphatic carbocycles. The summed E-state index contributed by atoms with van der Waals surface area (Å²) in [5.74, 6) is -0.239. The second-order valence-corrected chi connectivity index (χ2v) is 6.78. The molecule has 1 unspecified atom stereocenters. The summed E-state index contributed by atoms with van der Waals surface area (Å²) < 4.78 is 1.09. The highest BCUT2D eigenvalue weighted by Crippen LogP contribution is 2.33. The Morgan fingerprint density at radius 1 is 1.19 bits per heavy atom. The lowest BCUT2D eigenvalue weighted by atomic mass is 10.0. The van der Waals surface area contributed by atoms with E-state index < -0.39 is 0 Å². The number of ketones is 1. The Bertz CT molecular complexity index is 1140. The van der Waals surface area contributed by atoms with Gasteiger partial charge < -0.3 is 4.90 Å². The van der Waals surface area contributed by atoms with Crippen molar-refractivity contribution in [3.8, 4) is 0 Å². The maximum Gasteiger partial charge on any atom is 0.278 e. The molecule has 0 radical (unpaired) electrons. The van der Waals surface area contributed by atoms with Crippen LogP contribution >= 0.6 is 0 Å². The van der Waals surface area contributed by atoms with E-state index in [0.717, 1.165) is 15.9 Å². The number of fused-ring (bicyclic) bond motifs is 2. The minimum atomic E-state index is -0.341. The topological polar surface area (TPSA) is 85.2 Å². The van der Waals surface area contributed by atoms with E-state index in [9.17, 15) is 14.4 Å². The summed E-state index contributed by atoms with van der Waals surface area (Å²) in [5.41, 5.74) is 2.46. The standard InChI is InChI=1S/C20H18N4O3/c1-12-9-15-10-14(7-8-18(15)24(12)13(2)25)19(26)11-23-20(27)16-5-3-4-6-17(16)21-22-23/h3-8,10,12H,9,11H2,1-2H3. The Hall–Kier alpha value is -3.35. The second-order valence-electron chi connectivity index (χ2n) is 6.78. The Morgan fingerprint density at radius 3 is 2.74 bits per heavy atom. The van der Waals surface area contributed by atoms with Gasteiger partial charge in [-0.1, -0.05) is 17.3 Å². The van der Waals surface area contributed by atoms with E-state index in [4.69, 9.17) is 0 Å². The van der Waals surface area contributed by atoms with Crippen molar-refractivity contribution < 1.29 is 9.59 Å². The first-order valence-electron chi connectivity index (χ1n) is 8.74. The molecule has 7 heteroatoms. The molecule has 1 aromatic heterocycles. The van der Waals surface area contributed by atoms with E-state index >= 15 is 0 Å².